The van der Waals surface area contributed by atoms with Crippen molar-refractivity contribution in [3.63, 3.8) is 0 Å². The number of ether oxygens (including phenoxy) is 7. The van der Waals surface area contributed by atoms with Crippen molar-refractivity contribution in [3.8, 4) is 62.9 Å². The van der Waals surface area contributed by atoms with Crippen LogP contribution in [0.4, 0.5) is 0 Å². The Hall–Kier alpha value is -4.80. The van der Waals surface area contributed by atoms with Crippen LogP contribution >= 0.6 is 0 Å². The molecule has 0 amide bonds. The van der Waals surface area contributed by atoms with Gasteiger partial charge in [-0.1, -0.05) is 12.1 Å². The average Bonchev–Trinajstić information content (AvgIpc) is 3.13. The molecule has 0 spiro atoms. The molecule has 4 aromatic rings. The fourth-order valence-corrected chi connectivity index (χ4v) is 8.19. The lowest BCUT2D eigenvalue weighted by molar-refractivity contribution is 0.220. The molecule has 2 atom stereocenters. The van der Waals surface area contributed by atoms with E-state index in [0.717, 1.165) is 71.5 Å². The molecule has 0 fully saturated rings. The minimum atomic E-state index is 0.0625. The lowest BCUT2D eigenvalue weighted by Gasteiger charge is -2.41. The maximum Gasteiger partial charge on any atom is 0.204 e. The van der Waals surface area contributed by atoms with Crippen molar-refractivity contribution in [3.05, 3.63) is 75.8 Å². The normalized spacial score (nSPS) is 18.0. The summed E-state index contributed by atoms with van der Waals surface area (Å²) in [4.78, 5) is 4.72. The zero-order valence-corrected chi connectivity index (χ0v) is 30.1. The summed E-state index contributed by atoms with van der Waals surface area (Å²) >= 11 is 0. The first-order chi connectivity index (χ1) is 24.3. The van der Waals surface area contributed by atoms with Crippen LogP contribution in [0.3, 0.4) is 0 Å². The van der Waals surface area contributed by atoms with Gasteiger partial charge in [0.2, 0.25) is 11.5 Å². The second-order valence-corrected chi connectivity index (χ2v) is 13.2. The molecule has 0 saturated carbocycles. The molecule has 0 aromatic heterocycles. The Kier molecular flexibility index (Phi) is 9.09. The highest BCUT2D eigenvalue weighted by atomic mass is 16.5. The first kappa shape index (κ1) is 33.7. The number of hydrogen-bond donors (Lipinski definition) is 1. The van der Waals surface area contributed by atoms with Gasteiger partial charge in [-0.15, -0.1) is 0 Å². The number of hydrogen-bond acceptors (Lipinski definition) is 10. The van der Waals surface area contributed by atoms with E-state index in [1.165, 1.54) is 11.1 Å². The number of phenolic OH excluding ortho intramolecular Hbond substituents is 1. The summed E-state index contributed by atoms with van der Waals surface area (Å²) in [5.74, 6) is 4.99. The Bertz CT molecular complexity index is 1920. The van der Waals surface area contributed by atoms with Gasteiger partial charge in [0, 0.05) is 41.9 Å². The number of methoxy groups -OCH3 is 6. The molecule has 1 aliphatic carbocycles. The molecule has 0 saturated heterocycles. The van der Waals surface area contributed by atoms with E-state index >= 15 is 0 Å². The van der Waals surface area contributed by atoms with Crippen LogP contribution < -0.4 is 33.2 Å². The molecule has 10 heteroatoms. The molecule has 4 aromatic carbocycles. The second-order valence-electron chi connectivity index (χ2n) is 13.2. The van der Waals surface area contributed by atoms with Crippen LogP contribution in [-0.2, 0) is 25.7 Å². The Morgan fingerprint density at radius 3 is 2.02 bits per heavy atom. The highest BCUT2D eigenvalue weighted by Crippen LogP contribution is 2.60. The van der Waals surface area contributed by atoms with Crippen LogP contribution in [0, 0.1) is 0 Å². The molecule has 0 bridgehead atoms. The van der Waals surface area contributed by atoms with Crippen molar-refractivity contribution in [2.45, 2.75) is 37.8 Å². The average molecular weight is 683 g/mol. The van der Waals surface area contributed by atoms with Gasteiger partial charge in [-0.3, -0.25) is 9.80 Å². The minimum absolute atomic E-state index is 0.0625. The van der Waals surface area contributed by atoms with Crippen molar-refractivity contribution in [1.29, 1.82) is 0 Å². The third-order valence-corrected chi connectivity index (χ3v) is 10.7. The molecule has 7 rings (SSSR count). The number of nitrogens with zero attached hydrogens (tertiary/aromatic N) is 2. The number of fused-ring (bicyclic) bond motifs is 3. The summed E-state index contributed by atoms with van der Waals surface area (Å²) in [6.07, 6.45) is 3.22. The highest BCUT2D eigenvalue weighted by molar-refractivity contribution is 5.89. The number of benzene rings is 4. The van der Waals surface area contributed by atoms with Gasteiger partial charge in [0.15, 0.2) is 34.5 Å². The van der Waals surface area contributed by atoms with E-state index in [1.54, 1.807) is 42.7 Å². The molecule has 50 heavy (non-hydrogen) atoms. The molecule has 3 aliphatic rings. The molecular weight excluding hydrogens is 636 g/mol. The van der Waals surface area contributed by atoms with E-state index in [-0.39, 0.29) is 17.8 Å². The van der Waals surface area contributed by atoms with Gasteiger partial charge in [-0.2, -0.15) is 0 Å². The Labute approximate surface area is 294 Å². The zero-order chi connectivity index (χ0) is 35.3. The summed E-state index contributed by atoms with van der Waals surface area (Å²) in [6, 6.07) is 14.3. The van der Waals surface area contributed by atoms with Gasteiger partial charge < -0.3 is 38.3 Å². The number of aromatic hydroxyl groups is 1. The van der Waals surface area contributed by atoms with Crippen molar-refractivity contribution in [2.75, 3.05) is 69.8 Å². The standard InChI is InChI=1S/C40H46N2O8/c1-41-15-13-23-18-32(44-3)31(43)20-26(23)29(41)17-22-9-11-24(12-10-22)50-37-28-19-30-34-25(14-16-42(30)2)36(46-5)40(49-8)39(48-7)35(34)27(28)21-33(45-4)38(37)47-6/h9-12,18,20-21,29-30,43H,13-17,19H2,1-8H3. The van der Waals surface area contributed by atoms with Crippen molar-refractivity contribution >= 4 is 0 Å². The lowest BCUT2D eigenvalue weighted by Crippen LogP contribution is -2.36. The van der Waals surface area contributed by atoms with Crippen molar-refractivity contribution in [1.82, 2.24) is 9.80 Å². The summed E-state index contributed by atoms with van der Waals surface area (Å²) < 4.78 is 42.0. The largest absolute Gasteiger partial charge is 0.504 e. The SMILES string of the molecule is COc1cc2c(cc1O)C(Cc1ccc(Oc3c4c(cc(OC)c3OC)-c3c(OC)c(OC)c(OC)c5c3C(C4)N(C)CC5)cc1)N(C)CC2. The minimum Gasteiger partial charge on any atom is -0.504 e. The van der Waals surface area contributed by atoms with Crippen LogP contribution in [0.15, 0.2) is 42.5 Å². The van der Waals surface area contributed by atoms with Gasteiger partial charge in [0.1, 0.15) is 5.75 Å². The van der Waals surface area contributed by atoms with Crippen LogP contribution in [0.1, 0.15) is 45.5 Å². The lowest BCUT2D eigenvalue weighted by atomic mass is 9.75. The maximum absolute atomic E-state index is 10.6. The maximum atomic E-state index is 10.6. The Morgan fingerprint density at radius 1 is 0.680 bits per heavy atom. The van der Waals surface area contributed by atoms with Gasteiger partial charge in [-0.25, -0.2) is 0 Å². The number of phenols is 1. The number of likely N-dealkylation sites (N-methyl/N-ethyl adjacent to an activating group) is 2. The van der Waals surface area contributed by atoms with E-state index in [9.17, 15) is 5.11 Å². The molecule has 10 nitrogen and oxygen atoms in total. The Morgan fingerprint density at radius 2 is 1.36 bits per heavy atom. The smallest absolute Gasteiger partial charge is 0.204 e. The van der Waals surface area contributed by atoms with E-state index < -0.39 is 0 Å². The quantitative estimate of drug-likeness (QED) is 0.194. The van der Waals surface area contributed by atoms with Crippen LogP contribution in [0.25, 0.3) is 11.1 Å². The molecule has 2 heterocycles. The Balaban J connectivity index is 1.29. The fourth-order valence-electron chi connectivity index (χ4n) is 8.19. The predicted octanol–water partition coefficient (Wildman–Crippen LogP) is 6.76. The van der Waals surface area contributed by atoms with E-state index in [0.29, 0.717) is 46.7 Å². The first-order valence-corrected chi connectivity index (χ1v) is 17.0. The van der Waals surface area contributed by atoms with Gasteiger partial charge >= 0.3 is 0 Å². The van der Waals surface area contributed by atoms with Crippen LogP contribution in [0.5, 0.6) is 51.7 Å². The zero-order valence-electron chi connectivity index (χ0n) is 30.1. The molecular formula is C40H46N2O8. The molecule has 264 valence electrons. The molecule has 2 unspecified atom stereocenters. The third-order valence-electron chi connectivity index (χ3n) is 10.7. The second kappa shape index (κ2) is 13.5. The topological polar surface area (TPSA) is 91.3 Å². The summed E-state index contributed by atoms with van der Waals surface area (Å²) in [7, 11) is 14.2. The monoisotopic (exact) mass is 682 g/mol. The summed E-state index contributed by atoms with van der Waals surface area (Å²) in [5.41, 5.74) is 8.74. The van der Waals surface area contributed by atoms with Crippen molar-refractivity contribution in [2.24, 2.45) is 0 Å². The fraction of sp³-hybridized carbons (Fsp3) is 0.400. The van der Waals surface area contributed by atoms with E-state index in [2.05, 4.69) is 36.0 Å². The molecule has 2 aliphatic heterocycles. The van der Waals surface area contributed by atoms with Gasteiger partial charge in [0.25, 0.3) is 0 Å². The van der Waals surface area contributed by atoms with Gasteiger partial charge in [-0.05, 0) is 97.9 Å². The van der Waals surface area contributed by atoms with E-state index in [4.69, 9.17) is 33.2 Å². The number of rotatable bonds is 10. The summed E-state index contributed by atoms with van der Waals surface area (Å²) in [6.45, 7) is 1.80. The van der Waals surface area contributed by atoms with Crippen LogP contribution in [0.2, 0.25) is 0 Å². The van der Waals surface area contributed by atoms with E-state index in [1.807, 2.05) is 30.3 Å². The molecule has 0 radical (unpaired) electrons. The highest BCUT2D eigenvalue weighted by Gasteiger charge is 2.41. The molecule has 1 N–H and O–H groups in total. The predicted molar refractivity (Wildman–Crippen MR) is 191 cm³/mol. The van der Waals surface area contributed by atoms with Crippen LogP contribution in [-0.4, -0.2) is 84.7 Å². The van der Waals surface area contributed by atoms with Crippen molar-refractivity contribution < 1.29 is 38.3 Å². The first-order valence-electron chi connectivity index (χ1n) is 17.0. The summed E-state index contributed by atoms with van der Waals surface area (Å²) in [5, 5.41) is 10.6. The van der Waals surface area contributed by atoms with Gasteiger partial charge in [0.05, 0.1) is 42.7 Å². The third kappa shape index (κ3) is 5.41.